The molecule has 2 N–H and O–H groups in total. The number of carbonyl (C=O) groups excluding carboxylic acids is 1. The molecule has 110 valence electrons. The Labute approximate surface area is 115 Å². The van der Waals surface area contributed by atoms with Crippen LogP contribution in [0.15, 0.2) is 0 Å². The third-order valence-corrected chi connectivity index (χ3v) is 4.19. The van der Waals surface area contributed by atoms with Gasteiger partial charge in [0.2, 0.25) is 5.91 Å². The van der Waals surface area contributed by atoms with E-state index in [2.05, 4.69) is 5.32 Å². The highest BCUT2D eigenvalue weighted by Crippen LogP contribution is 2.27. The van der Waals surface area contributed by atoms with Gasteiger partial charge in [-0.05, 0) is 45.6 Å². The number of hydrogen-bond acceptors (Lipinski definition) is 3. The van der Waals surface area contributed by atoms with E-state index in [9.17, 15) is 14.7 Å². The van der Waals surface area contributed by atoms with Crippen molar-refractivity contribution in [3.05, 3.63) is 0 Å². The van der Waals surface area contributed by atoms with E-state index in [1.165, 1.54) is 0 Å². The largest absolute Gasteiger partial charge is 0.480 e. The van der Waals surface area contributed by atoms with Gasteiger partial charge in [-0.25, -0.2) is 0 Å². The minimum atomic E-state index is -0.899. The van der Waals surface area contributed by atoms with E-state index in [0.29, 0.717) is 13.0 Å². The first-order chi connectivity index (χ1) is 8.93. The van der Waals surface area contributed by atoms with Gasteiger partial charge in [0.1, 0.15) is 5.54 Å². The Morgan fingerprint density at radius 1 is 1.32 bits per heavy atom. The molecular weight excluding hydrogens is 244 g/mol. The van der Waals surface area contributed by atoms with Crippen LogP contribution in [0.3, 0.4) is 0 Å². The molecule has 1 saturated heterocycles. The van der Waals surface area contributed by atoms with Crippen molar-refractivity contribution in [1.29, 1.82) is 0 Å². The average molecular weight is 270 g/mol. The third-order valence-electron chi connectivity index (χ3n) is 4.19. The summed E-state index contributed by atoms with van der Waals surface area (Å²) in [6.45, 7) is 6.66. The minimum absolute atomic E-state index is 0.0666. The number of carboxylic acids is 1. The van der Waals surface area contributed by atoms with Crippen LogP contribution in [0.25, 0.3) is 0 Å². The molecule has 0 spiro atoms. The standard InChI is InChI=1S/C14H26N2O3/c1-4-11(5-2)15-12(17)10-16-9-7-6-8-14(16,3)13(18)19/h11H,4-10H2,1-3H3,(H,15,17)(H,18,19). The number of aliphatic carboxylic acids is 1. The molecule has 0 aromatic carbocycles. The molecule has 0 radical (unpaired) electrons. The van der Waals surface area contributed by atoms with E-state index in [1.54, 1.807) is 11.8 Å². The summed E-state index contributed by atoms with van der Waals surface area (Å²) in [5, 5.41) is 12.3. The minimum Gasteiger partial charge on any atom is -0.480 e. The van der Waals surface area contributed by atoms with Gasteiger partial charge in [-0.15, -0.1) is 0 Å². The monoisotopic (exact) mass is 270 g/mol. The van der Waals surface area contributed by atoms with Crippen LogP contribution in [0.1, 0.15) is 52.9 Å². The fraction of sp³-hybridized carbons (Fsp3) is 0.857. The number of piperidine rings is 1. The van der Waals surface area contributed by atoms with Crippen molar-refractivity contribution in [2.45, 2.75) is 64.5 Å². The zero-order chi connectivity index (χ0) is 14.5. The molecule has 1 heterocycles. The first-order valence-corrected chi connectivity index (χ1v) is 7.21. The van der Waals surface area contributed by atoms with Gasteiger partial charge in [0, 0.05) is 6.04 Å². The van der Waals surface area contributed by atoms with Crippen molar-refractivity contribution in [2.24, 2.45) is 0 Å². The lowest BCUT2D eigenvalue weighted by Gasteiger charge is -2.41. The molecule has 1 aliphatic rings. The van der Waals surface area contributed by atoms with E-state index in [-0.39, 0.29) is 18.5 Å². The lowest BCUT2D eigenvalue weighted by atomic mass is 9.88. The van der Waals surface area contributed by atoms with Crippen LogP contribution in [-0.2, 0) is 9.59 Å². The predicted octanol–water partition coefficient (Wildman–Crippen LogP) is 1.62. The SMILES string of the molecule is CCC(CC)NC(=O)CN1CCCCC1(C)C(=O)O. The van der Waals surface area contributed by atoms with Crippen molar-refractivity contribution in [3.63, 3.8) is 0 Å². The van der Waals surface area contributed by atoms with Crippen LogP contribution in [0.4, 0.5) is 0 Å². The molecule has 1 fully saturated rings. The highest BCUT2D eigenvalue weighted by atomic mass is 16.4. The smallest absolute Gasteiger partial charge is 0.323 e. The van der Waals surface area contributed by atoms with Crippen LogP contribution in [0.2, 0.25) is 0 Å². The second-order valence-corrected chi connectivity index (χ2v) is 5.54. The molecule has 5 nitrogen and oxygen atoms in total. The van der Waals surface area contributed by atoms with Crippen LogP contribution < -0.4 is 5.32 Å². The molecule has 0 saturated carbocycles. The Kier molecular flexibility index (Phi) is 5.79. The average Bonchev–Trinajstić information content (AvgIpc) is 2.38. The fourth-order valence-electron chi connectivity index (χ4n) is 2.61. The van der Waals surface area contributed by atoms with E-state index >= 15 is 0 Å². The molecule has 1 rings (SSSR count). The van der Waals surface area contributed by atoms with Crippen molar-refractivity contribution in [1.82, 2.24) is 10.2 Å². The molecular formula is C14H26N2O3. The second kappa shape index (κ2) is 6.89. The van der Waals surface area contributed by atoms with Crippen LogP contribution in [0, 0.1) is 0 Å². The summed E-state index contributed by atoms with van der Waals surface area (Å²) in [6.07, 6.45) is 4.28. The van der Waals surface area contributed by atoms with Gasteiger partial charge in [0.05, 0.1) is 6.54 Å². The molecule has 19 heavy (non-hydrogen) atoms. The molecule has 5 heteroatoms. The van der Waals surface area contributed by atoms with Gasteiger partial charge in [0.25, 0.3) is 0 Å². The van der Waals surface area contributed by atoms with Crippen molar-refractivity contribution in [2.75, 3.05) is 13.1 Å². The van der Waals surface area contributed by atoms with Crippen molar-refractivity contribution < 1.29 is 14.7 Å². The summed E-state index contributed by atoms with van der Waals surface area (Å²) in [5.74, 6) is -0.898. The van der Waals surface area contributed by atoms with Crippen LogP contribution in [0.5, 0.6) is 0 Å². The number of rotatable bonds is 6. The van der Waals surface area contributed by atoms with Gasteiger partial charge >= 0.3 is 5.97 Å². The van der Waals surface area contributed by atoms with E-state index in [0.717, 1.165) is 25.7 Å². The van der Waals surface area contributed by atoms with E-state index in [4.69, 9.17) is 0 Å². The molecule has 0 aromatic heterocycles. The second-order valence-electron chi connectivity index (χ2n) is 5.54. The molecule has 1 atom stereocenters. The number of nitrogens with one attached hydrogen (secondary N) is 1. The highest BCUT2D eigenvalue weighted by Gasteiger charge is 2.41. The number of likely N-dealkylation sites (tertiary alicyclic amines) is 1. The maximum Gasteiger partial charge on any atom is 0.323 e. The fourth-order valence-corrected chi connectivity index (χ4v) is 2.61. The van der Waals surface area contributed by atoms with Gasteiger partial charge in [-0.2, -0.15) is 0 Å². The first-order valence-electron chi connectivity index (χ1n) is 7.21. The Bertz CT molecular complexity index is 329. The lowest BCUT2D eigenvalue weighted by molar-refractivity contribution is -0.153. The Morgan fingerprint density at radius 2 is 1.95 bits per heavy atom. The maximum absolute atomic E-state index is 12.0. The summed E-state index contributed by atoms with van der Waals surface area (Å²) >= 11 is 0. The van der Waals surface area contributed by atoms with Crippen LogP contribution in [-0.4, -0.2) is 46.6 Å². The predicted molar refractivity (Wildman–Crippen MR) is 74.0 cm³/mol. The maximum atomic E-state index is 12.0. The Balaban J connectivity index is 2.63. The van der Waals surface area contributed by atoms with Crippen molar-refractivity contribution >= 4 is 11.9 Å². The number of carbonyl (C=O) groups is 2. The number of hydrogen-bond donors (Lipinski definition) is 2. The lowest BCUT2D eigenvalue weighted by Crippen LogP contribution is -2.58. The highest BCUT2D eigenvalue weighted by molar-refractivity contribution is 5.82. The van der Waals surface area contributed by atoms with E-state index in [1.807, 2.05) is 13.8 Å². The summed E-state index contributed by atoms with van der Waals surface area (Å²) in [4.78, 5) is 25.2. The summed E-state index contributed by atoms with van der Waals surface area (Å²) < 4.78 is 0. The Hall–Kier alpha value is -1.10. The molecule has 1 aliphatic heterocycles. The zero-order valence-corrected chi connectivity index (χ0v) is 12.2. The van der Waals surface area contributed by atoms with E-state index < -0.39 is 11.5 Å². The summed E-state index contributed by atoms with van der Waals surface area (Å²) in [5.41, 5.74) is -0.899. The molecule has 1 amide bonds. The van der Waals surface area contributed by atoms with Gasteiger partial charge < -0.3 is 10.4 Å². The first kappa shape index (κ1) is 16.0. The third kappa shape index (κ3) is 3.93. The number of carboxylic acid groups (broad SMARTS) is 1. The van der Waals surface area contributed by atoms with Crippen LogP contribution >= 0.6 is 0 Å². The quantitative estimate of drug-likeness (QED) is 0.769. The topological polar surface area (TPSA) is 69.6 Å². The molecule has 1 unspecified atom stereocenters. The molecule has 0 bridgehead atoms. The van der Waals surface area contributed by atoms with Gasteiger partial charge in [-0.1, -0.05) is 13.8 Å². The normalized spacial score (nSPS) is 24.4. The summed E-state index contributed by atoms with van der Waals surface area (Å²) in [7, 11) is 0. The number of amides is 1. The van der Waals surface area contributed by atoms with Gasteiger partial charge in [0.15, 0.2) is 0 Å². The Morgan fingerprint density at radius 3 is 2.47 bits per heavy atom. The summed E-state index contributed by atoms with van der Waals surface area (Å²) in [6, 6.07) is 0.188. The molecule has 0 aliphatic carbocycles. The van der Waals surface area contributed by atoms with Crippen molar-refractivity contribution in [3.8, 4) is 0 Å². The zero-order valence-electron chi connectivity index (χ0n) is 12.2. The molecule has 0 aromatic rings. The van der Waals surface area contributed by atoms with Gasteiger partial charge in [-0.3, -0.25) is 14.5 Å². The number of nitrogens with zero attached hydrogens (tertiary/aromatic N) is 1.